The summed E-state index contributed by atoms with van der Waals surface area (Å²) < 4.78 is 10.7. The predicted molar refractivity (Wildman–Crippen MR) is 97.3 cm³/mol. The van der Waals surface area contributed by atoms with Gasteiger partial charge >= 0.3 is 0 Å². The summed E-state index contributed by atoms with van der Waals surface area (Å²) in [6.07, 6.45) is 0.887. The van der Waals surface area contributed by atoms with E-state index in [1.807, 2.05) is 24.3 Å². The summed E-state index contributed by atoms with van der Waals surface area (Å²) in [6.45, 7) is 3.79. The smallest absolute Gasteiger partial charge is 0.231 e. The van der Waals surface area contributed by atoms with E-state index in [0.717, 1.165) is 54.7 Å². The van der Waals surface area contributed by atoms with Crippen molar-refractivity contribution in [1.29, 1.82) is 0 Å². The second kappa shape index (κ2) is 8.58. The molecule has 2 aromatic rings. The van der Waals surface area contributed by atoms with Crippen LogP contribution < -0.4 is 20.1 Å². The molecule has 2 N–H and O–H groups in total. The molecule has 4 nitrogen and oxygen atoms in total. The van der Waals surface area contributed by atoms with E-state index in [1.165, 1.54) is 5.56 Å². The number of nitrogens with one attached hydrogen (secondary N) is 2. The molecule has 1 aliphatic rings. The van der Waals surface area contributed by atoms with Gasteiger partial charge in [0.15, 0.2) is 11.5 Å². The van der Waals surface area contributed by atoms with Gasteiger partial charge in [0.1, 0.15) is 0 Å². The molecule has 24 heavy (non-hydrogen) atoms. The van der Waals surface area contributed by atoms with Crippen LogP contribution in [0.5, 0.6) is 11.5 Å². The largest absolute Gasteiger partial charge is 0.454 e. The molecule has 0 spiro atoms. The predicted octanol–water partition coefficient (Wildman–Crippen LogP) is 3.64. The zero-order valence-electron chi connectivity index (χ0n) is 13.3. The lowest BCUT2D eigenvalue weighted by Crippen LogP contribution is -2.28. The van der Waals surface area contributed by atoms with Crippen LogP contribution in [0, 0.1) is 0 Å². The van der Waals surface area contributed by atoms with Gasteiger partial charge in [-0.3, -0.25) is 0 Å². The minimum absolute atomic E-state index is 0.313. The molecule has 3 rings (SSSR count). The fourth-order valence-corrected chi connectivity index (χ4v) is 3.04. The molecule has 0 fully saturated rings. The highest BCUT2D eigenvalue weighted by Crippen LogP contribution is 2.32. The van der Waals surface area contributed by atoms with Crippen molar-refractivity contribution in [2.45, 2.75) is 13.0 Å². The van der Waals surface area contributed by atoms with Crippen molar-refractivity contribution in [3.8, 4) is 11.5 Å². The van der Waals surface area contributed by atoms with Crippen LogP contribution in [0.25, 0.3) is 0 Å². The number of ether oxygens (including phenoxy) is 2. The van der Waals surface area contributed by atoms with Crippen molar-refractivity contribution in [1.82, 2.24) is 10.6 Å². The van der Waals surface area contributed by atoms with Crippen LogP contribution in [-0.2, 0) is 13.0 Å². The molecule has 0 saturated heterocycles. The average Bonchev–Trinajstić information content (AvgIpc) is 3.03. The van der Waals surface area contributed by atoms with Crippen LogP contribution in [0.3, 0.4) is 0 Å². The molecule has 1 aliphatic heterocycles. The molecular weight excluding hydrogens is 347 g/mol. The minimum Gasteiger partial charge on any atom is -0.454 e. The van der Waals surface area contributed by atoms with E-state index in [0.29, 0.717) is 11.8 Å². The molecule has 0 radical (unpaired) electrons. The van der Waals surface area contributed by atoms with Crippen molar-refractivity contribution in [3.05, 3.63) is 57.6 Å². The van der Waals surface area contributed by atoms with Crippen molar-refractivity contribution in [2.24, 2.45) is 0 Å². The highest BCUT2D eigenvalue weighted by molar-refractivity contribution is 6.35. The maximum Gasteiger partial charge on any atom is 0.231 e. The molecule has 1 heterocycles. The monoisotopic (exact) mass is 366 g/mol. The van der Waals surface area contributed by atoms with Gasteiger partial charge in [0.05, 0.1) is 0 Å². The van der Waals surface area contributed by atoms with Gasteiger partial charge in [0.2, 0.25) is 6.79 Å². The Labute approximate surface area is 152 Å². The Kier molecular flexibility index (Phi) is 6.21. The first-order valence-corrected chi connectivity index (χ1v) is 8.72. The van der Waals surface area contributed by atoms with E-state index >= 15 is 0 Å². The molecule has 128 valence electrons. The zero-order chi connectivity index (χ0) is 16.8. The summed E-state index contributed by atoms with van der Waals surface area (Å²) in [5, 5.41) is 8.21. The van der Waals surface area contributed by atoms with Gasteiger partial charge in [-0.2, -0.15) is 0 Å². The van der Waals surface area contributed by atoms with E-state index in [-0.39, 0.29) is 0 Å². The Morgan fingerprint density at radius 2 is 1.71 bits per heavy atom. The van der Waals surface area contributed by atoms with Gasteiger partial charge in [-0.15, -0.1) is 0 Å². The lowest BCUT2D eigenvalue weighted by molar-refractivity contribution is 0.174. The summed E-state index contributed by atoms with van der Waals surface area (Å²) in [5.74, 6) is 1.65. The van der Waals surface area contributed by atoms with Crippen LogP contribution in [0.1, 0.15) is 11.1 Å². The first-order chi connectivity index (χ1) is 11.7. The summed E-state index contributed by atoms with van der Waals surface area (Å²) in [7, 11) is 0. The van der Waals surface area contributed by atoms with Gasteiger partial charge in [0, 0.05) is 29.7 Å². The summed E-state index contributed by atoms with van der Waals surface area (Å²) >= 11 is 12.1. The van der Waals surface area contributed by atoms with Crippen molar-refractivity contribution in [3.63, 3.8) is 0 Å². The molecule has 0 aliphatic carbocycles. The molecule has 2 aromatic carbocycles. The highest BCUT2D eigenvalue weighted by Gasteiger charge is 2.12. The van der Waals surface area contributed by atoms with E-state index in [9.17, 15) is 0 Å². The van der Waals surface area contributed by atoms with Crippen molar-refractivity contribution >= 4 is 23.2 Å². The minimum atomic E-state index is 0.313. The third kappa shape index (κ3) is 4.77. The van der Waals surface area contributed by atoms with E-state index in [1.54, 1.807) is 6.07 Å². The fourth-order valence-electron chi connectivity index (χ4n) is 2.53. The third-order valence-electron chi connectivity index (χ3n) is 3.83. The molecule has 6 heteroatoms. The maximum atomic E-state index is 6.16. The molecule has 0 aromatic heterocycles. The van der Waals surface area contributed by atoms with Crippen molar-refractivity contribution < 1.29 is 9.47 Å². The normalized spacial score (nSPS) is 12.6. The zero-order valence-corrected chi connectivity index (χ0v) is 14.8. The number of rotatable bonds is 8. The molecule has 0 atom stereocenters. The third-order valence-corrected chi connectivity index (χ3v) is 4.42. The summed E-state index contributed by atoms with van der Waals surface area (Å²) in [4.78, 5) is 0. The van der Waals surface area contributed by atoms with Gasteiger partial charge in [-0.05, 0) is 48.4 Å². The second-order valence-electron chi connectivity index (χ2n) is 5.60. The first kappa shape index (κ1) is 17.4. The summed E-state index contributed by atoms with van der Waals surface area (Å²) in [6, 6.07) is 11.7. The van der Waals surface area contributed by atoms with Crippen molar-refractivity contribution in [2.75, 3.05) is 26.4 Å². The molecule has 0 amide bonds. The second-order valence-corrected chi connectivity index (χ2v) is 6.44. The van der Waals surface area contributed by atoms with Gasteiger partial charge in [0.25, 0.3) is 0 Å². The quantitative estimate of drug-likeness (QED) is 0.699. The van der Waals surface area contributed by atoms with Crippen LogP contribution >= 0.6 is 23.2 Å². The fraction of sp³-hybridized carbons (Fsp3) is 0.333. The SMILES string of the molecule is Clc1ccc(CCNCCNCc2ccc3c(c2)OCO3)c(Cl)c1. The summed E-state index contributed by atoms with van der Waals surface area (Å²) in [5.41, 5.74) is 2.30. The Bertz CT molecular complexity index is 695. The van der Waals surface area contributed by atoms with Crippen LogP contribution in [-0.4, -0.2) is 26.4 Å². The van der Waals surface area contributed by atoms with E-state index < -0.39 is 0 Å². The number of benzene rings is 2. The van der Waals surface area contributed by atoms with Crippen LogP contribution in [0.15, 0.2) is 36.4 Å². The first-order valence-electron chi connectivity index (χ1n) is 7.96. The number of hydrogen-bond acceptors (Lipinski definition) is 4. The molecule has 0 unspecified atom stereocenters. The molecule has 0 saturated carbocycles. The maximum absolute atomic E-state index is 6.16. The van der Waals surface area contributed by atoms with Gasteiger partial charge in [-0.25, -0.2) is 0 Å². The average molecular weight is 367 g/mol. The van der Waals surface area contributed by atoms with Gasteiger partial charge in [-0.1, -0.05) is 35.3 Å². The lowest BCUT2D eigenvalue weighted by atomic mass is 10.1. The molecular formula is C18H20Cl2N2O2. The lowest BCUT2D eigenvalue weighted by Gasteiger charge is -2.08. The Balaban J connectivity index is 1.30. The number of fused-ring (bicyclic) bond motifs is 1. The number of halogens is 2. The number of hydrogen-bond donors (Lipinski definition) is 2. The topological polar surface area (TPSA) is 42.5 Å². The van der Waals surface area contributed by atoms with E-state index in [4.69, 9.17) is 32.7 Å². The Hall–Kier alpha value is -1.46. The Morgan fingerprint density at radius 3 is 2.58 bits per heavy atom. The highest BCUT2D eigenvalue weighted by atomic mass is 35.5. The molecule has 0 bridgehead atoms. The van der Waals surface area contributed by atoms with E-state index in [2.05, 4.69) is 16.7 Å². The van der Waals surface area contributed by atoms with Crippen LogP contribution in [0.2, 0.25) is 10.0 Å². The van der Waals surface area contributed by atoms with Crippen LogP contribution in [0.4, 0.5) is 0 Å². The van der Waals surface area contributed by atoms with Gasteiger partial charge < -0.3 is 20.1 Å². The Morgan fingerprint density at radius 1 is 0.875 bits per heavy atom. The standard InChI is InChI=1S/C18H20Cl2N2O2/c19-15-3-2-14(16(20)10-15)5-6-21-7-8-22-11-13-1-4-17-18(9-13)24-12-23-17/h1-4,9-10,21-22H,5-8,11-12H2.